The predicted octanol–water partition coefficient (Wildman–Crippen LogP) is 1.60. The number of carbonyl (C=O) groups excluding carboxylic acids is 2. The molecule has 0 fully saturated rings. The number of anilines is 1. The van der Waals surface area contributed by atoms with Crippen molar-refractivity contribution in [1.29, 1.82) is 0 Å². The number of sulfonamides is 1. The fourth-order valence-corrected chi connectivity index (χ4v) is 4.48. The highest BCUT2D eigenvalue weighted by Gasteiger charge is 2.26. The fraction of sp³-hybridized carbons (Fsp3) is 0.273. The summed E-state index contributed by atoms with van der Waals surface area (Å²) in [6.45, 7) is 4.85. The maximum atomic E-state index is 12.9. The first kappa shape index (κ1) is 24.1. The van der Waals surface area contributed by atoms with Crippen LogP contribution in [0.3, 0.4) is 0 Å². The first-order valence-corrected chi connectivity index (χ1v) is 11.8. The van der Waals surface area contributed by atoms with E-state index in [-0.39, 0.29) is 29.5 Å². The van der Waals surface area contributed by atoms with E-state index in [1.54, 1.807) is 31.2 Å². The average molecular weight is 472 g/mol. The van der Waals surface area contributed by atoms with E-state index in [9.17, 15) is 22.8 Å². The molecule has 1 heterocycles. The third-order valence-corrected chi connectivity index (χ3v) is 6.44. The number of carbonyl (C=O) groups is 2. The van der Waals surface area contributed by atoms with Gasteiger partial charge in [-0.25, -0.2) is 13.4 Å². The van der Waals surface area contributed by atoms with Crippen LogP contribution in [-0.2, 0) is 26.2 Å². The van der Waals surface area contributed by atoms with E-state index in [4.69, 9.17) is 0 Å². The van der Waals surface area contributed by atoms with Crippen molar-refractivity contribution < 1.29 is 18.0 Å². The van der Waals surface area contributed by atoms with Crippen LogP contribution in [0.5, 0.6) is 0 Å². The van der Waals surface area contributed by atoms with E-state index in [1.807, 2.05) is 0 Å². The minimum Gasteiger partial charge on any atom is -0.334 e. The minimum atomic E-state index is -3.98. The Kier molecular flexibility index (Phi) is 7.24. The SMILES string of the molecule is CCN(Cc1nc2ccccc2c(=O)[nH]1)C(=O)[C@H](C)NS(=O)(=O)c1ccc(NC(C)=O)cc1. The second kappa shape index (κ2) is 9.92. The molecule has 0 saturated heterocycles. The second-order valence-electron chi connectivity index (χ2n) is 7.43. The van der Waals surface area contributed by atoms with E-state index in [1.165, 1.54) is 43.0 Å². The Bertz CT molecular complexity index is 1340. The molecule has 2 amide bonds. The third kappa shape index (κ3) is 5.82. The van der Waals surface area contributed by atoms with Crippen molar-refractivity contribution in [3.63, 3.8) is 0 Å². The lowest BCUT2D eigenvalue weighted by Gasteiger charge is -2.24. The van der Waals surface area contributed by atoms with Crippen molar-refractivity contribution in [2.24, 2.45) is 0 Å². The van der Waals surface area contributed by atoms with Crippen molar-refractivity contribution in [2.45, 2.75) is 38.3 Å². The zero-order valence-electron chi connectivity index (χ0n) is 18.5. The molecule has 2 aromatic carbocycles. The van der Waals surface area contributed by atoms with Crippen LogP contribution < -0.4 is 15.6 Å². The van der Waals surface area contributed by atoms with Gasteiger partial charge in [-0.1, -0.05) is 12.1 Å². The van der Waals surface area contributed by atoms with Crippen LogP contribution in [0.25, 0.3) is 10.9 Å². The number of benzene rings is 2. The number of hydrogen-bond acceptors (Lipinski definition) is 6. The van der Waals surface area contributed by atoms with Gasteiger partial charge in [-0.3, -0.25) is 14.4 Å². The Morgan fingerprint density at radius 3 is 2.42 bits per heavy atom. The zero-order valence-corrected chi connectivity index (χ0v) is 19.3. The average Bonchev–Trinajstić information content (AvgIpc) is 2.76. The van der Waals surface area contributed by atoms with Gasteiger partial charge in [0, 0.05) is 19.2 Å². The normalized spacial score (nSPS) is 12.3. The van der Waals surface area contributed by atoms with Crippen molar-refractivity contribution in [3.05, 3.63) is 64.7 Å². The molecule has 174 valence electrons. The van der Waals surface area contributed by atoms with E-state index in [2.05, 4.69) is 20.0 Å². The van der Waals surface area contributed by atoms with Crippen LogP contribution in [0.4, 0.5) is 5.69 Å². The second-order valence-corrected chi connectivity index (χ2v) is 9.14. The van der Waals surface area contributed by atoms with Gasteiger partial charge in [0.25, 0.3) is 5.56 Å². The molecule has 33 heavy (non-hydrogen) atoms. The zero-order chi connectivity index (χ0) is 24.2. The van der Waals surface area contributed by atoms with Gasteiger partial charge in [0.1, 0.15) is 5.82 Å². The molecule has 1 atom stereocenters. The van der Waals surface area contributed by atoms with E-state index in [0.29, 0.717) is 22.4 Å². The van der Waals surface area contributed by atoms with Crippen LogP contribution in [0, 0.1) is 0 Å². The van der Waals surface area contributed by atoms with Crippen LogP contribution in [-0.4, -0.2) is 47.7 Å². The van der Waals surface area contributed by atoms with Gasteiger partial charge in [0.15, 0.2) is 0 Å². The molecule has 11 heteroatoms. The number of aromatic amines is 1. The predicted molar refractivity (Wildman–Crippen MR) is 124 cm³/mol. The summed E-state index contributed by atoms with van der Waals surface area (Å²) >= 11 is 0. The standard InChI is InChI=1S/C22H25N5O5S/c1-4-27(13-20-24-19-8-6-5-7-18(19)21(29)25-20)22(30)14(2)26-33(31,32)17-11-9-16(10-12-17)23-15(3)28/h5-12,14,26H,4,13H2,1-3H3,(H,23,28)(H,24,25,29)/t14-/m0/s1. The molecule has 0 aliphatic heterocycles. The molecule has 0 radical (unpaired) electrons. The topological polar surface area (TPSA) is 141 Å². The Labute approximate surface area is 191 Å². The number of fused-ring (bicyclic) bond motifs is 1. The number of nitrogens with zero attached hydrogens (tertiary/aromatic N) is 2. The Balaban J connectivity index is 1.73. The van der Waals surface area contributed by atoms with Crippen LogP contribution in [0.2, 0.25) is 0 Å². The number of nitrogens with one attached hydrogen (secondary N) is 3. The van der Waals surface area contributed by atoms with Gasteiger partial charge < -0.3 is 15.2 Å². The number of hydrogen-bond donors (Lipinski definition) is 3. The number of rotatable bonds is 8. The minimum absolute atomic E-state index is 0.0207. The Hall–Kier alpha value is -3.57. The van der Waals surface area contributed by atoms with Gasteiger partial charge in [-0.15, -0.1) is 0 Å². The molecular weight excluding hydrogens is 446 g/mol. The summed E-state index contributed by atoms with van der Waals surface area (Å²) < 4.78 is 27.8. The largest absolute Gasteiger partial charge is 0.334 e. The molecule has 0 bridgehead atoms. The van der Waals surface area contributed by atoms with Crippen molar-refractivity contribution in [1.82, 2.24) is 19.6 Å². The van der Waals surface area contributed by atoms with E-state index >= 15 is 0 Å². The summed E-state index contributed by atoms with van der Waals surface area (Å²) in [5, 5.41) is 3.00. The van der Waals surface area contributed by atoms with Gasteiger partial charge in [-0.2, -0.15) is 4.72 Å². The van der Waals surface area contributed by atoms with E-state index < -0.39 is 22.0 Å². The number of amides is 2. The molecule has 3 rings (SSSR count). The first-order chi connectivity index (χ1) is 15.6. The maximum absolute atomic E-state index is 12.9. The van der Waals surface area contributed by atoms with Crippen LogP contribution in [0.1, 0.15) is 26.6 Å². The molecule has 0 unspecified atom stereocenters. The Morgan fingerprint density at radius 2 is 1.79 bits per heavy atom. The number of para-hydroxylation sites is 1. The molecular formula is C22H25N5O5S. The van der Waals surface area contributed by atoms with Crippen LogP contribution in [0.15, 0.2) is 58.2 Å². The first-order valence-electron chi connectivity index (χ1n) is 10.3. The monoisotopic (exact) mass is 471 g/mol. The highest BCUT2D eigenvalue weighted by Crippen LogP contribution is 2.15. The molecule has 0 aliphatic rings. The summed E-state index contributed by atoms with van der Waals surface area (Å²) in [5.41, 5.74) is 0.659. The molecule has 0 spiro atoms. The summed E-state index contributed by atoms with van der Waals surface area (Å²) in [5.74, 6) is -0.436. The molecule has 3 N–H and O–H groups in total. The molecule has 3 aromatic rings. The summed E-state index contributed by atoms with van der Waals surface area (Å²) in [4.78, 5) is 44.8. The van der Waals surface area contributed by atoms with Gasteiger partial charge in [-0.05, 0) is 50.2 Å². The van der Waals surface area contributed by atoms with Crippen molar-refractivity contribution in [3.8, 4) is 0 Å². The number of likely N-dealkylation sites (N-methyl/N-ethyl adjacent to an activating group) is 1. The number of aromatic nitrogens is 2. The summed E-state index contributed by atoms with van der Waals surface area (Å²) in [6.07, 6.45) is 0. The lowest BCUT2D eigenvalue weighted by atomic mass is 10.2. The molecule has 0 aliphatic carbocycles. The summed E-state index contributed by atoms with van der Waals surface area (Å²) in [6, 6.07) is 11.4. The van der Waals surface area contributed by atoms with Crippen LogP contribution >= 0.6 is 0 Å². The lowest BCUT2D eigenvalue weighted by molar-refractivity contribution is -0.133. The molecule has 1 aromatic heterocycles. The van der Waals surface area contributed by atoms with Gasteiger partial charge in [0.2, 0.25) is 21.8 Å². The fourth-order valence-electron chi connectivity index (χ4n) is 3.28. The number of H-pyrrole nitrogens is 1. The highest BCUT2D eigenvalue weighted by molar-refractivity contribution is 7.89. The smallest absolute Gasteiger partial charge is 0.258 e. The van der Waals surface area contributed by atoms with Crippen molar-refractivity contribution >= 4 is 38.4 Å². The molecule has 10 nitrogen and oxygen atoms in total. The van der Waals surface area contributed by atoms with Gasteiger partial charge in [0.05, 0.1) is 28.4 Å². The highest BCUT2D eigenvalue weighted by atomic mass is 32.2. The lowest BCUT2D eigenvalue weighted by Crippen LogP contribution is -2.46. The molecule has 0 saturated carbocycles. The van der Waals surface area contributed by atoms with Gasteiger partial charge >= 0.3 is 0 Å². The van der Waals surface area contributed by atoms with Crippen molar-refractivity contribution in [2.75, 3.05) is 11.9 Å². The van der Waals surface area contributed by atoms with E-state index in [0.717, 1.165) is 0 Å². The Morgan fingerprint density at radius 1 is 1.12 bits per heavy atom. The maximum Gasteiger partial charge on any atom is 0.258 e. The third-order valence-electron chi connectivity index (χ3n) is 4.88. The quantitative estimate of drug-likeness (QED) is 0.456. The summed E-state index contributed by atoms with van der Waals surface area (Å²) in [7, 11) is -3.98.